The standard InChI is InChI=1S/C28H52O3Si3/c1-27-16-14-20(29-32(3,4)5)18-24(27)25(30-33(6,7)8)19-21-22-12-13-26(31-34(9,10)11)28(22,2)17-15-23(21)27/h14,18,21-23,25-26H,12-13,15-17,19H2,1-11H3/t21?,22?,23?,25-,26-,27?,28?/m0/s1. The smallest absolute Gasteiger partial charge is 0.242 e. The lowest BCUT2D eigenvalue weighted by Crippen LogP contribution is -2.56. The van der Waals surface area contributed by atoms with Crippen molar-refractivity contribution in [2.75, 3.05) is 0 Å². The third-order valence-corrected chi connectivity index (χ3v) is 11.9. The number of rotatable bonds is 6. The third kappa shape index (κ3) is 5.27. The first kappa shape index (κ1) is 26.9. The molecule has 3 fully saturated rings. The maximum atomic E-state index is 7.00. The van der Waals surface area contributed by atoms with Crippen LogP contribution in [-0.2, 0) is 13.3 Å². The molecular weight excluding hydrogens is 469 g/mol. The van der Waals surface area contributed by atoms with Crippen LogP contribution in [-0.4, -0.2) is 37.2 Å². The zero-order valence-corrected chi connectivity index (χ0v) is 27.0. The van der Waals surface area contributed by atoms with Gasteiger partial charge in [0.1, 0.15) is 0 Å². The van der Waals surface area contributed by atoms with E-state index in [1.807, 2.05) is 0 Å². The summed E-state index contributed by atoms with van der Waals surface area (Å²) in [6.45, 7) is 26.1. The van der Waals surface area contributed by atoms with Crippen LogP contribution in [0.15, 0.2) is 23.5 Å². The Bertz CT molecular complexity index is 846. The number of hydrogen-bond donors (Lipinski definition) is 0. The molecule has 3 nitrogen and oxygen atoms in total. The molecule has 0 spiro atoms. The molecule has 0 aromatic carbocycles. The van der Waals surface area contributed by atoms with Crippen molar-refractivity contribution in [2.45, 2.75) is 124 Å². The normalized spacial score (nSPS) is 40.6. The molecule has 3 saturated carbocycles. The fourth-order valence-corrected chi connectivity index (χ4v) is 11.1. The molecule has 0 amide bonds. The van der Waals surface area contributed by atoms with E-state index < -0.39 is 25.0 Å². The lowest BCUT2D eigenvalue weighted by atomic mass is 9.47. The minimum atomic E-state index is -1.69. The Morgan fingerprint density at radius 2 is 1.44 bits per heavy atom. The molecule has 0 aromatic heterocycles. The predicted molar refractivity (Wildman–Crippen MR) is 151 cm³/mol. The summed E-state index contributed by atoms with van der Waals surface area (Å²) in [5, 5.41) is 0. The molecule has 0 aromatic rings. The van der Waals surface area contributed by atoms with Crippen molar-refractivity contribution in [3.05, 3.63) is 23.5 Å². The van der Waals surface area contributed by atoms with Gasteiger partial charge in [0, 0.05) is 0 Å². The second-order valence-electron chi connectivity index (χ2n) is 15.2. The SMILES string of the molecule is CC12CC=C(O[Si](C)(C)C)C=C1[C@@H](O[Si](C)(C)C)CC1C2CCC2(C)C1CC[C@@H]2O[Si](C)(C)C. The topological polar surface area (TPSA) is 27.7 Å². The number of hydrogen-bond acceptors (Lipinski definition) is 3. The molecule has 0 N–H and O–H groups in total. The van der Waals surface area contributed by atoms with Gasteiger partial charge in [0.25, 0.3) is 0 Å². The highest BCUT2D eigenvalue weighted by Gasteiger charge is 2.61. The van der Waals surface area contributed by atoms with Gasteiger partial charge in [-0.1, -0.05) is 13.8 Å². The average molecular weight is 521 g/mol. The van der Waals surface area contributed by atoms with E-state index in [4.69, 9.17) is 13.3 Å². The molecule has 7 atom stereocenters. The third-order valence-electron chi connectivity index (χ3n) is 9.10. The van der Waals surface area contributed by atoms with Crippen LogP contribution >= 0.6 is 0 Å². The van der Waals surface area contributed by atoms with Crippen LogP contribution in [0.3, 0.4) is 0 Å². The van der Waals surface area contributed by atoms with E-state index in [0.29, 0.717) is 11.5 Å². The molecule has 4 rings (SSSR count). The first-order chi connectivity index (χ1) is 15.4. The molecule has 0 bridgehead atoms. The van der Waals surface area contributed by atoms with Gasteiger partial charge >= 0.3 is 0 Å². The highest BCUT2D eigenvalue weighted by molar-refractivity contribution is 6.70. The van der Waals surface area contributed by atoms with Crippen LogP contribution < -0.4 is 0 Å². The predicted octanol–water partition coefficient (Wildman–Crippen LogP) is 8.34. The zero-order chi connectivity index (χ0) is 25.3. The Morgan fingerprint density at radius 3 is 2.03 bits per heavy atom. The van der Waals surface area contributed by atoms with Crippen molar-refractivity contribution >= 4 is 25.0 Å². The first-order valence-electron chi connectivity index (χ1n) is 13.9. The first-order valence-corrected chi connectivity index (χ1v) is 24.1. The van der Waals surface area contributed by atoms with E-state index >= 15 is 0 Å². The van der Waals surface area contributed by atoms with Gasteiger partial charge in [-0.2, -0.15) is 0 Å². The van der Waals surface area contributed by atoms with Gasteiger partial charge in [0.2, 0.25) is 8.32 Å². The van der Waals surface area contributed by atoms with Crippen molar-refractivity contribution in [2.24, 2.45) is 28.6 Å². The second-order valence-corrected chi connectivity index (χ2v) is 28.6. The van der Waals surface area contributed by atoms with Crippen LogP contribution in [0.5, 0.6) is 0 Å². The molecule has 0 aliphatic heterocycles. The minimum absolute atomic E-state index is 0.193. The Kier molecular flexibility index (Phi) is 6.89. The summed E-state index contributed by atoms with van der Waals surface area (Å²) in [6.07, 6.45) is 13.1. The van der Waals surface area contributed by atoms with E-state index in [1.165, 1.54) is 32.1 Å². The molecule has 4 aliphatic carbocycles. The van der Waals surface area contributed by atoms with Gasteiger partial charge in [0.05, 0.1) is 18.0 Å². The van der Waals surface area contributed by atoms with Gasteiger partial charge in [-0.3, -0.25) is 0 Å². The van der Waals surface area contributed by atoms with E-state index in [9.17, 15) is 0 Å². The monoisotopic (exact) mass is 520 g/mol. The highest BCUT2D eigenvalue weighted by Crippen LogP contribution is 2.66. The summed E-state index contributed by atoms with van der Waals surface area (Å²) >= 11 is 0. The Hall–Kier alpha value is -0.149. The van der Waals surface area contributed by atoms with Crippen molar-refractivity contribution < 1.29 is 13.3 Å². The fourth-order valence-electron chi connectivity index (χ4n) is 7.95. The van der Waals surface area contributed by atoms with Crippen molar-refractivity contribution in [1.82, 2.24) is 0 Å². The molecule has 5 unspecified atom stereocenters. The van der Waals surface area contributed by atoms with Crippen LogP contribution in [0.2, 0.25) is 58.9 Å². The van der Waals surface area contributed by atoms with Gasteiger partial charge in [-0.25, -0.2) is 0 Å². The lowest BCUT2D eigenvalue weighted by molar-refractivity contribution is -0.0843. The summed E-state index contributed by atoms with van der Waals surface area (Å²) < 4.78 is 20.3. The zero-order valence-electron chi connectivity index (χ0n) is 24.0. The van der Waals surface area contributed by atoms with Gasteiger partial charge < -0.3 is 13.3 Å². The van der Waals surface area contributed by atoms with E-state index in [2.05, 4.69) is 84.9 Å². The highest BCUT2D eigenvalue weighted by atomic mass is 28.4. The van der Waals surface area contributed by atoms with Gasteiger partial charge in [0.15, 0.2) is 16.6 Å². The van der Waals surface area contributed by atoms with E-state index in [1.54, 1.807) is 5.57 Å². The molecule has 0 heterocycles. The second kappa shape index (κ2) is 8.71. The summed E-state index contributed by atoms with van der Waals surface area (Å²) in [5.74, 6) is 3.36. The molecule has 0 radical (unpaired) electrons. The summed E-state index contributed by atoms with van der Waals surface area (Å²) in [4.78, 5) is 0. The largest absolute Gasteiger partial charge is 0.545 e. The number of allylic oxidation sites excluding steroid dienone is 2. The molecule has 34 heavy (non-hydrogen) atoms. The maximum Gasteiger partial charge on any atom is 0.242 e. The summed E-state index contributed by atoms with van der Waals surface area (Å²) in [6, 6.07) is 0. The minimum Gasteiger partial charge on any atom is -0.545 e. The Balaban J connectivity index is 1.67. The molecule has 4 aliphatic rings. The maximum absolute atomic E-state index is 7.00. The van der Waals surface area contributed by atoms with Gasteiger partial charge in [-0.05, 0) is 144 Å². The van der Waals surface area contributed by atoms with Gasteiger partial charge in [-0.15, -0.1) is 0 Å². The molecule has 0 saturated heterocycles. The summed E-state index contributed by atoms with van der Waals surface area (Å²) in [7, 11) is -4.88. The lowest BCUT2D eigenvalue weighted by Gasteiger charge is -2.60. The van der Waals surface area contributed by atoms with Crippen LogP contribution in [0.1, 0.15) is 52.4 Å². The molecular formula is C28H52O3Si3. The fraction of sp³-hybridized carbons (Fsp3) is 0.857. The van der Waals surface area contributed by atoms with Crippen molar-refractivity contribution in [1.29, 1.82) is 0 Å². The van der Waals surface area contributed by atoms with Crippen LogP contribution in [0.4, 0.5) is 0 Å². The molecule has 194 valence electrons. The van der Waals surface area contributed by atoms with Crippen LogP contribution in [0.25, 0.3) is 0 Å². The molecule has 6 heteroatoms. The Labute approximate surface area is 213 Å². The Morgan fingerprint density at radius 1 is 0.794 bits per heavy atom. The van der Waals surface area contributed by atoms with E-state index in [-0.39, 0.29) is 11.5 Å². The van der Waals surface area contributed by atoms with Crippen molar-refractivity contribution in [3.63, 3.8) is 0 Å². The average Bonchev–Trinajstić information content (AvgIpc) is 2.95. The van der Waals surface area contributed by atoms with Crippen LogP contribution in [0, 0.1) is 28.6 Å². The summed E-state index contributed by atoms with van der Waals surface area (Å²) in [5.41, 5.74) is 2.07. The number of fused-ring (bicyclic) bond motifs is 5. The van der Waals surface area contributed by atoms with Crippen molar-refractivity contribution in [3.8, 4) is 0 Å². The van der Waals surface area contributed by atoms with E-state index in [0.717, 1.165) is 29.9 Å². The quantitative estimate of drug-likeness (QED) is 0.329.